The molecule has 2 aromatic rings. The van der Waals surface area contributed by atoms with Gasteiger partial charge in [-0.1, -0.05) is 35.9 Å². The Hall–Kier alpha value is -1.96. The summed E-state index contributed by atoms with van der Waals surface area (Å²) in [5, 5.41) is 0. The Kier molecular flexibility index (Phi) is 3.44. The molecule has 0 aliphatic rings. The number of ether oxygens (including phenoxy) is 2. The van der Waals surface area contributed by atoms with E-state index in [2.05, 4.69) is 0 Å². The van der Waals surface area contributed by atoms with E-state index in [0.717, 1.165) is 11.5 Å². The zero-order chi connectivity index (χ0) is 11.2. The summed E-state index contributed by atoms with van der Waals surface area (Å²) in [7, 11) is 0. The van der Waals surface area contributed by atoms with Crippen LogP contribution in [0.15, 0.2) is 54.6 Å². The first-order chi connectivity index (χ1) is 7.84. The lowest BCUT2D eigenvalue weighted by Crippen LogP contribution is -2.05. The fourth-order valence-corrected chi connectivity index (χ4v) is 1.32. The lowest BCUT2D eigenvalue weighted by Gasteiger charge is -2.08. The van der Waals surface area contributed by atoms with Crippen molar-refractivity contribution in [2.24, 2.45) is 0 Å². The molecular weight excluding hydrogens is 200 g/mol. The van der Waals surface area contributed by atoms with Gasteiger partial charge in [0.2, 0.25) is 6.79 Å². The van der Waals surface area contributed by atoms with Gasteiger partial charge in [-0.15, -0.1) is 0 Å². The molecule has 0 aliphatic heterocycles. The second-order valence-corrected chi connectivity index (χ2v) is 3.53. The van der Waals surface area contributed by atoms with Crippen LogP contribution in [-0.2, 0) is 0 Å². The predicted molar refractivity (Wildman–Crippen MR) is 63.7 cm³/mol. The third kappa shape index (κ3) is 3.02. The molecule has 0 unspecified atom stereocenters. The zero-order valence-corrected chi connectivity index (χ0v) is 9.22. The highest BCUT2D eigenvalue weighted by Crippen LogP contribution is 2.13. The van der Waals surface area contributed by atoms with Crippen molar-refractivity contribution in [1.82, 2.24) is 0 Å². The summed E-state index contributed by atoms with van der Waals surface area (Å²) in [6.07, 6.45) is 0. The molecule has 0 aromatic heterocycles. The van der Waals surface area contributed by atoms with Gasteiger partial charge in [-0.2, -0.15) is 0 Å². The van der Waals surface area contributed by atoms with Crippen LogP contribution in [0.25, 0.3) is 0 Å². The van der Waals surface area contributed by atoms with Gasteiger partial charge >= 0.3 is 0 Å². The maximum atomic E-state index is 5.44. The van der Waals surface area contributed by atoms with E-state index in [1.807, 2.05) is 61.5 Å². The summed E-state index contributed by atoms with van der Waals surface area (Å²) in [4.78, 5) is 0. The minimum absolute atomic E-state index is 0.229. The Morgan fingerprint density at radius 2 is 1.31 bits per heavy atom. The average Bonchev–Trinajstić information content (AvgIpc) is 2.33. The van der Waals surface area contributed by atoms with E-state index in [1.54, 1.807) is 0 Å². The van der Waals surface area contributed by atoms with E-state index in [0.29, 0.717) is 0 Å². The van der Waals surface area contributed by atoms with E-state index in [4.69, 9.17) is 9.47 Å². The van der Waals surface area contributed by atoms with E-state index in [1.165, 1.54) is 5.56 Å². The smallest absolute Gasteiger partial charge is 0.230 e. The minimum atomic E-state index is 0.229. The molecule has 0 amide bonds. The van der Waals surface area contributed by atoms with Gasteiger partial charge in [0.05, 0.1) is 0 Å². The third-order valence-corrected chi connectivity index (χ3v) is 2.22. The standard InChI is InChI=1S/C14H14O2/c1-12-7-9-14(10-8-12)16-11-15-13-5-3-2-4-6-13/h2-10H,11H2,1H3. The Bertz CT molecular complexity index is 420. The Balaban J connectivity index is 1.82. The molecule has 82 valence electrons. The number of para-hydroxylation sites is 1. The average molecular weight is 214 g/mol. The number of aryl methyl sites for hydroxylation is 1. The molecule has 0 bridgehead atoms. The van der Waals surface area contributed by atoms with Crippen LogP contribution in [0.5, 0.6) is 11.5 Å². The molecule has 0 spiro atoms. The van der Waals surface area contributed by atoms with Gasteiger partial charge in [-0.05, 0) is 31.2 Å². The second-order valence-electron chi connectivity index (χ2n) is 3.53. The van der Waals surface area contributed by atoms with Crippen molar-refractivity contribution >= 4 is 0 Å². The third-order valence-electron chi connectivity index (χ3n) is 2.22. The normalized spacial score (nSPS) is 9.81. The summed E-state index contributed by atoms with van der Waals surface area (Å²) < 4.78 is 10.9. The number of hydrogen-bond donors (Lipinski definition) is 0. The first-order valence-corrected chi connectivity index (χ1v) is 5.22. The van der Waals surface area contributed by atoms with Crippen LogP contribution in [0.2, 0.25) is 0 Å². The molecule has 0 saturated heterocycles. The van der Waals surface area contributed by atoms with E-state index >= 15 is 0 Å². The van der Waals surface area contributed by atoms with Gasteiger partial charge < -0.3 is 9.47 Å². The molecule has 2 rings (SSSR count). The van der Waals surface area contributed by atoms with Crippen molar-refractivity contribution in [3.8, 4) is 11.5 Å². The monoisotopic (exact) mass is 214 g/mol. The van der Waals surface area contributed by atoms with Gasteiger partial charge in [0.25, 0.3) is 0 Å². The SMILES string of the molecule is Cc1ccc(OCOc2ccccc2)cc1. The molecule has 0 heterocycles. The number of benzene rings is 2. The Labute approximate surface area is 95.4 Å². The van der Waals surface area contributed by atoms with Crippen LogP contribution in [-0.4, -0.2) is 6.79 Å². The van der Waals surface area contributed by atoms with Gasteiger partial charge in [-0.25, -0.2) is 0 Å². The molecule has 2 nitrogen and oxygen atoms in total. The predicted octanol–water partition coefficient (Wildman–Crippen LogP) is 3.41. The summed E-state index contributed by atoms with van der Waals surface area (Å²) in [5.74, 6) is 1.64. The maximum absolute atomic E-state index is 5.44. The molecule has 2 heteroatoms. The largest absolute Gasteiger partial charge is 0.458 e. The van der Waals surface area contributed by atoms with Crippen molar-refractivity contribution in [3.05, 3.63) is 60.2 Å². The van der Waals surface area contributed by atoms with Crippen LogP contribution in [0.1, 0.15) is 5.56 Å². The van der Waals surface area contributed by atoms with Crippen LogP contribution in [0.3, 0.4) is 0 Å². The maximum Gasteiger partial charge on any atom is 0.230 e. The minimum Gasteiger partial charge on any atom is -0.458 e. The van der Waals surface area contributed by atoms with Crippen molar-refractivity contribution < 1.29 is 9.47 Å². The molecule has 0 N–H and O–H groups in total. The number of rotatable bonds is 4. The van der Waals surface area contributed by atoms with Crippen LogP contribution < -0.4 is 9.47 Å². The van der Waals surface area contributed by atoms with E-state index in [-0.39, 0.29) is 6.79 Å². The van der Waals surface area contributed by atoms with Crippen LogP contribution in [0.4, 0.5) is 0 Å². The summed E-state index contributed by atoms with van der Waals surface area (Å²) >= 11 is 0. The molecule has 0 radical (unpaired) electrons. The van der Waals surface area contributed by atoms with Gasteiger partial charge in [0, 0.05) is 0 Å². The summed E-state index contributed by atoms with van der Waals surface area (Å²) in [6.45, 7) is 2.28. The molecular formula is C14H14O2. The molecule has 16 heavy (non-hydrogen) atoms. The quantitative estimate of drug-likeness (QED) is 0.726. The summed E-state index contributed by atoms with van der Waals surface area (Å²) in [6, 6.07) is 17.5. The highest BCUT2D eigenvalue weighted by Gasteiger charge is 1.94. The lowest BCUT2D eigenvalue weighted by atomic mass is 10.2. The highest BCUT2D eigenvalue weighted by atomic mass is 16.7. The fourth-order valence-electron chi connectivity index (χ4n) is 1.32. The Morgan fingerprint density at radius 1 is 0.750 bits per heavy atom. The van der Waals surface area contributed by atoms with Gasteiger partial charge in [-0.3, -0.25) is 0 Å². The number of hydrogen-bond acceptors (Lipinski definition) is 2. The van der Waals surface area contributed by atoms with Crippen molar-refractivity contribution in [3.63, 3.8) is 0 Å². The first kappa shape index (κ1) is 10.6. The molecule has 0 fully saturated rings. The molecule has 0 atom stereocenters. The molecule has 0 saturated carbocycles. The fraction of sp³-hybridized carbons (Fsp3) is 0.143. The molecule has 2 aromatic carbocycles. The van der Waals surface area contributed by atoms with Gasteiger partial charge in [0.1, 0.15) is 11.5 Å². The van der Waals surface area contributed by atoms with Crippen molar-refractivity contribution in [2.45, 2.75) is 6.92 Å². The van der Waals surface area contributed by atoms with E-state index < -0.39 is 0 Å². The second kappa shape index (κ2) is 5.21. The van der Waals surface area contributed by atoms with Crippen LogP contribution in [0, 0.1) is 6.92 Å². The lowest BCUT2D eigenvalue weighted by molar-refractivity contribution is 0.120. The molecule has 0 aliphatic carbocycles. The van der Waals surface area contributed by atoms with Crippen LogP contribution >= 0.6 is 0 Å². The Morgan fingerprint density at radius 3 is 1.94 bits per heavy atom. The first-order valence-electron chi connectivity index (χ1n) is 5.22. The van der Waals surface area contributed by atoms with Crippen molar-refractivity contribution in [1.29, 1.82) is 0 Å². The zero-order valence-electron chi connectivity index (χ0n) is 9.22. The topological polar surface area (TPSA) is 18.5 Å². The van der Waals surface area contributed by atoms with E-state index in [9.17, 15) is 0 Å². The van der Waals surface area contributed by atoms with Crippen molar-refractivity contribution in [2.75, 3.05) is 6.79 Å². The highest BCUT2D eigenvalue weighted by molar-refractivity contribution is 5.26. The van der Waals surface area contributed by atoms with Gasteiger partial charge in [0.15, 0.2) is 0 Å². The summed E-state index contributed by atoms with van der Waals surface area (Å²) in [5.41, 5.74) is 1.22.